The zero-order valence-corrected chi connectivity index (χ0v) is 20.4. The maximum Gasteiger partial charge on any atom is 0.573 e. The van der Waals surface area contributed by atoms with Crippen molar-refractivity contribution in [2.75, 3.05) is 26.2 Å². The molecule has 7 rings (SSSR count). The molecule has 0 radical (unpaired) electrons. The molecular weight excluding hydrogens is 487 g/mol. The molecular formula is C26H30F3N5O3. The van der Waals surface area contributed by atoms with Crippen molar-refractivity contribution in [3.05, 3.63) is 36.4 Å². The van der Waals surface area contributed by atoms with Gasteiger partial charge in [-0.3, -0.25) is 0 Å². The Morgan fingerprint density at radius 2 is 1.62 bits per heavy atom. The summed E-state index contributed by atoms with van der Waals surface area (Å²) in [6.45, 7) is 3.16. The number of carbonyl (C=O) groups is 1. The Morgan fingerprint density at radius 1 is 0.973 bits per heavy atom. The zero-order chi connectivity index (χ0) is 25.4. The van der Waals surface area contributed by atoms with E-state index in [9.17, 15) is 18.0 Å². The van der Waals surface area contributed by atoms with Crippen LogP contribution in [0, 0.1) is 17.3 Å². The van der Waals surface area contributed by atoms with E-state index in [4.69, 9.17) is 4.74 Å². The van der Waals surface area contributed by atoms with Gasteiger partial charge in [0.1, 0.15) is 17.8 Å². The highest BCUT2D eigenvalue weighted by Crippen LogP contribution is 2.54. The molecule has 198 valence electrons. The Balaban J connectivity index is 0.855. The van der Waals surface area contributed by atoms with Gasteiger partial charge in [0.15, 0.2) is 5.82 Å². The monoisotopic (exact) mass is 517 g/mol. The molecule has 2 unspecified atom stereocenters. The van der Waals surface area contributed by atoms with Crippen molar-refractivity contribution in [3.63, 3.8) is 0 Å². The fourth-order valence-electron chi connectivity index (χ4n) is 6.89. The normalized spacial score (nSPS) is 28.7. The molecule has 11 heteroatoms. The maximum absolute atomic E-state index is 13.1. The lowest BCUT2D eigenvalue weighted by Gasteiger charge is -2.59. The number of carbonyl (C=O) groups excluding carboxylic acids is 1. The molecule has 3 saturated carbocycles. The van der Waals surface area contributed by atoms with E-state index < -0.39 is 6.36 Å². The fraction of sp³-hybridized carbons (Fsp3) is 0.654. The maximum atomic E-state index is 13.1. The van der Waals surface area contributed by atoms with Crippen LogP contribution < -0.4 is 9.47 Å². The molecule has 8 nitrogen and oxygen atoms in total. The molecule has 2 aromatic rings. The lowest BCUT2D eigenvalue weighted by molar-refractivity contribution is -0.274. The van der Waals surface area contributed by atoms with Gasteiger partial charge in [-0.25, -0.2) is 14.5 Å². The molecule has 2 atom stereocenters. The molecule has 37 heavy (non-hydrogen) atoms. The standard InChI is InChI=1S/C26H30F3N5O3/c27-26(28,29)37-21-5-3-20(4-6-21)36-22-7-17-11-32(12-18(17)8-22)24(35)33-13-25(14-33)9-19(10-25)34-15-30-23(31-34)16-1-2-16/h3-6,15-19,22H,1-2,7-14H2. The predicted molar refractivity (Wildman–Crippen MR) is 125 cm³/mol. The number of amides is 2. The van der Waals surface area contributed by atoms with Crippen molar-refractivity contribution in [1.29, 1.82) is 0 Å². The smallest absolute Gasteiger partial charge is 0.490 e. The SMILES string of the molecule is O=C(N1CC2CC(Oc3ccc(OC(F)(F)F)cc3)CC2C1)N1CC2(CC(n3cnc(C4CC4)n3)C2)C1. The van der Waals surface area contributed by atoms with Crippen LogP contribution in [0.25, 0.3) is 0 Å². The lowest BCUT2D eigenvalue weighted by atomic mass is 9.61. The van der Waals surface area contributed by atoms with Gasteiger partial charge in [0, 0.05) is 37.5 Å². The van der Waals surface area contributed by atoms with Gasteiger partial charge < -0.3 is 19.3 Å². The van der Waals surface area contributed by atoms with Crippen molar-refractivity contribution in [3.8, 4) is 11.5 Å². The van der Waals surface area contributed by atoms with Crippen molar-refractivity contribution >= 4 is 6.03 Å². The van der Waals surface area contributed by atoms with Gasteiger partial charge >= 0.3 is 12.4 Å². The van der Waals surface area contributed by atoms with Crippen LogP contribution in [-0.2, 0) is 0 Å². The minimum atomic E-state index is -4.71. The molecule has 5 aliphatic rings. The van der Waals surface area contributed by atoms with Crippen LogP contribution in [-0.4, -0.2) is 69.2 Å². The predicted octanol–water partition coefficient (Wildman–Crippen LogP) is 4.60. The molecule has 0 N–H and O–H groups in total. The molecule has 2 amide bonds. The summed E-state index contributed by atoms with van der Waals surface area (Å²) in [6.07, 6.45) is 3.43. The van der Waals surface area contributed by atoms with E-state index in [2.05, 4.69) is 14.8 Å². The first-order chi connectivity index (χ1) is 17.7. The summed E-state index contributed by atoms with van der Waals surface area (Å²) < 4.78 is 49.0. The summed E-state index contributed by atoms with van der Waals surface area (Å²) in [7, 11) is 0. The van der Waals surface area contributed by atoms with Crippen LogP contribution in [0.15, 0.2) is 30.6 Å². The second-order valence-electron chi connectivity index (χ2n) is 11.7. The Morgan fingerprint density at radius 3 is 2.24 bits per heavy atom. The number of fused-ring (bicyclic) bond motifs is 1. The third kappa shape index (κ3) is 4.50. The van der Waals surface area contributed by atoms with Gasteiger partial charge in [0.2, 0.25) is 0 Å². The van der Waals surface area contributed by atoms with Crippen molar-refractivity contribution in [2.24, 2.45) is 17.3 Å². The summed E-state index contributed by atoms with van der Waals surface area (Å²) in [5.74, 6) is 2.64. The topological polar surface area (TPSA) is 72.7 Å². The van der Waals surface area contributed by atoms with Crippen LogP contribution in [0.3, 0.4) is 0 Å². The number of benzene rings is 1. The largest absolute Gasteiger partial charge is 0.573 e. The lowest BCUT2D eigenvalue weighted by Crippen LogP contribution is -2.65. The minimum Gasteiger partial charge on any atom is -0.490 e. The molecule has 3 heterocycles. The van der Waals surface area contributed by atoms with E-state index in [1.807, 2.05) is 20.8 Å². The number of halogens is 3. The summed E-state index contributed by atoms with van der Waals surface area (Å²) in [6, 6.07) is 6.10. The van der Waals surface area contributed by atoms with Crippen LogP contribution >= 0.6 is 0 Å². The first-order valence-electron chi connectivity index (χ1n) is 13.2. The van der Waals surface area contributed by atoms with Crippen LogP contribution in [0.4, 0.5) is 18.0 Å². The highest BCUT2D eigenvalue weighted by atomic mass is 19.4. The third-order valence-electron chi connectivity index (χ3n) is 8.84. The highest BCUT2D eigenvalue weighted by Gasteiger charge is 2.56. The van der Waals surface area contributed by atoms with Crippen molar-refractivity contribution < 1.29 is 27.4 Å². The average molecular weight is 518 g/mol. The Labute approximate surface area is 212 Å². The number of hydrogen-bond acceptors (Lipinski definition) is 5. The number of urea groups is 1. The van der Waals surface area contributed by atoms with E-state index in [0.29, 0.717) is 29.5 Å². The van der Waals surface area contributed by atoms with Gasteiger partial charge in [-0.15, -0.1) is 13.2 Å². The van der Waals surface area contributed by atoms with Gasteiger partial charge in [0.05, 0.1) is 12.1 Å². The minimum absolute atomic E-state index is 0.0121. The Bertz CT molecular complexity index is 1150. The quantitative estimate of drug-likeness (QED) is 0.580. The summed E-state index contributed by atoms with van der Waals surface area (Å²) >= 11 is 0. The number of nitrogens with zero attached hydrogens (tertiary/aromatic N) is 5. The molecule has 1 aromatic heterocycles. The number of hydrogen-bond donors (Lipinski definition) is 0. The second kappa shape index (κ2) is 8.26. The van der Waals surface area contributed by atoms with Crippen LogP contribution in [0.5, 0.6) is 11.5 Å². The third-order valence-corrected chi connectivity index (χ3v) is 8.84. The number of likely N-dealkylation sites (tertiary alicyclic amines) is 2. The van der Waals surface area contributed by atoms with Gasteiger partial charge in [0.25, 0.3) is 0 Å². The van der Waals surface area contributed by atoms with E-state index in [-0.39, 0.29) is 23.3 Å². The van der Waals surface area contributed by atoms with Crippen LogP contribution in [0.1, 0.15) is 56.3 Å². The van der Waals surface area contributed by atoms with Gasteiger partial charge in [-0.2, -0.15) is 5.10 Å². The fourth-order valence-corrected chi connectivity index (χ4v) is 6.89. The molecule has 0 bridgehead atoms. The molecule has 2 aliphatic heterocycles. The first kappa shape index (κ1) is 23.2. The van der Waals surface area contributed by atoms with Crippen LogP contribution in [0.2, 0.25) is 0 Å². The number of rotatable bonds is 5. The summed E-state index contributed by atoms with van der Waals surface area (Å²) in [5.41, 5.74) is 0.251. The van der Waals surface area contributed by atoms with E-state index >= 15 is 0 Å². The molecule has 1 aromatic carbocycles. The van der Waals surface area contributed by atoms with E-state index in [0.717, 1.165) is 57.7 Å². The number of alkyl halides is 3. The molecule has 1 spiro atoms. The van der Waals surface area contributed by atoms with Gasteiger partial charge in [-0.1, -0.05) is 0 Å². The van der Waals surface area contributed by atoms with Crippen molar-refractivity contribution in [1.82, 2.24) is 24.6 Å². The van der Waals surface area contributed by atoms with Gasteiger partial charge in [-0.05, 0) is 74.6 Å². The first-order valence-corrected chi connectivity index (χ1v) is 13.2. The molecule has 3 aliphatic carbocycles. The Kier molecular flexibility index (Phi) is 5.17. The Hall–Kier alpha value is -2.98. The number of ether oxygens (including phenoxy) is 2. The van der Waals surface area contributed by atoms with E-state index in [1.165, 1.54) is 37.1 Å². The number of aromatic nitrogens is 3. The summed E-state index contributed by atoms with van der Waals surface area (Å²) in [5, 5.41) is 4.68. The second-order valence-corrected chi connectivity index (χ2v) is 11.7. The summed E-state index contributed by atoms with van der Waals surface area (Å²) in [4.78, 5) is 21.6. The molecule has 5 fully saturated rings. The highest BCUT2D eigenvalue weighted by molar-refractivity contribution is 5.76. The van der Waals surface area contributed by atoms with Crippen molar-refractivity contribution in [2.45, 2.75) is 63.0 Å². The molecule has 2 saturated heterocycles. The zero-order valence-electron chi connectivity index (χ0n) is 20.4. The average Bonchev–Trinajstić information content (AvgIpc) is 3.20. The van der Waals surface area contributed by atoms with E-state index in [1.54, 1.807) is 0 Å².